The number of sulfonamides is 1. The maximum Gasteiger partial charge on any atom is 0.243 e. The lowest BCUT2D eigenvalue weighted by molar-refractivity contribution is -0.117. The molecular weight excluding hydrogens is 319 g/mol. The van der Waals surface area contributed by atoms with E-state index in [1.807, 2.05) is 6.07 Å². The van der Waals surface area contributed by atoms with Crippen molar-refractivity contribution in [3.8, 4) is 0 Å². The van der Waals surface area contributed by atoms with Gasteiger partial charge in [0, 0.05) is 24.7 Å². The SMILES string of the molecule is O=C1C[C@@H](NS(=O)(=O)c2ccccc2F)CN1c1ccccc1. The van der Waals surface area contributed by atoms with E-state index in [0.717, 1.165) is 6.07 Å². The molecule has 3 rings (SSSR count). The lowest BCUT2D eigenvalue weighted by atomic mass is 10.3. The average molecular weight is 334 g/mol. The van der Waals surface area contributed by atoms with E-state index >= 15 is 0 Å². The minimum atomic E-state index is -4.01. The molecule has 1 saturated heterocycles. The molecule has 1 atom stereocenters. The number of halogens is 1. The van der Waals surface area contributed by atoms with Crippen LogP contribution < -0.4 is 9.62 Å². The van der Waals surface area contributed by atoms with E-state index in [4.69, 9.17) is 0 Å². The van der Waals surface area contributed by atoms with Crippen molar-refractivity contribution in [3.05, 3.63) is 60.4 Å². The summed E-state index contributed by atoms with van der Waals surface area (Å²) in [5, 5.41) is 0. The number of carbonyl (C=O) groups is 1. The average Bonchev–Trinajstić information content (AvgIpc) is 2.88. The molecule has 0 bridgehead atoms. The van der Waals surface area contributed by atoms with Crippen LogP contribution in [0.5, 0.6) is 0 Å². The topological polar surface area (TPSA) is 66.5 Å². The highest BCUT2D eigenvalue weighted by Crippen LogP contribution is 2.22. The molecular formula is C16H15FN2O3S. The van der Waals surface area contributed by atoms with Gasteiger partial charge in [0.15, 0.2) is 0 Å². The Morgan fingerprint density at radius 3 is 2.39 bits per heavy atom. The van der Waals surface area contributed by atoms with Gasteiger partial charge in [-0.25, -0.2) is 17.5 Å². The van der Waals surface area contributed by atoms with Gasteiger partial charge in [-0.15, -0.1) is 0 Å². The van der Waals surface area contributed by atoms with Crippen LogP contribution in [-0.2, 0) is 14.8 Å². The number of rotatable bonds is 4. The van der Waals surface area contributed by atoms with E-state index in [0.29, 0.717) is 5.69 Å². The fourth-order valence-corrected chi connectivity index (χ4v) is 3.90. The normalized spacial score (nSPS) is 18.4. The second kappa shape index (κ2) is 6.10. The molecule has 120 valence electrons. The molecule has 0 radical (unpaired) electrons. The van der Waals surface area contributed by atoms with E-state index < -0.39 is 26.8 Å². The standard InChI is InChI=1S/C16H15FN2O3S/c17-14-8-4-5-9-15(14)23(21,22)18-12-10-16(20)19(11-12)13-6-2-1-3-7-13/h1-9,12,18H,10-11H2/t12-/m1/s1. The molecule has 2 aromatic carbocycles. The van der Waals surface area contributed by atoms with Gasteiger partial charge in [-0.05, 0) is 24.3 Å². The number of nitrogens with zero attached hydrogens (tertiary/aromatic N) is 1. The predicted molar refractivity (Wildman–Crippen MR) is 83.9 cm³/mol. The number of para-hydroxylation sites is 1. The van der Waals surface area contributed by atoms with Gasteiger partial charge in [-0.1, -0.05) is 30.3 Å². The zero-order valence-corrected chi connectivity index (χ0v) is 13.0. The fourth-order valence-electron chi connectivity index (χ4n) is 2.59. The van der Waals surface area contributed by atoms with Crippen molar-refractivity contribution in [2.24, 2.45) is 0 Å². The summed E-state index contributed by atoms with van der Waals surface area (Å²) < 4.78 is 40.6. The number of carbonyl (C=O) groups excluding carboxylic acids is 1. The first kappa shape index (κ1) is 15.6. The third kappa shape index (κ3) is 3.25. The zero-order valence-electron chi connectivity index (χ0n) is 12.1. The Morgan fingerprint density at radius 1 is 1.04 bits per heavy atom. The lowest BCUT2D eigenvalue weighted by Crippen LogP contribution is -2.37. The Labute approximate surface area is 133 Å². The molecule has 0 saturated carbocycles. The minimum absolute atomic E-state index is 0.0442. The van der Waals surface area contributed by atoms with Gasteiger partial charge in [0.05, 0.1) is 0 Å². The third-order valence-electron chi connectivity index (χ3n) is 3.64. The first-order valence-electron chi connectivity index (χ1n) is 7.09. The molecule has 1 fully saturated rings. The van der Waals surface area contributed by atoms with E-state index in [1.165, 1.54) is 23.1 Å². The number of nitrogens with one attached hydrogen (secondary N) is 1. The Morgan fingerprint density at radius 2 is 1.70 bits per heavy atom. The van der Waals surface area contributed by atoms with Crippen LogP contribution in [0.15, 0.2) is 59.5 Å². The molecule has 1 aliphatic rings. The molecule has 1 heterocycles. The largest absolute Gasteiger partial charge is 0.311 e. The lowest BCUT2D eigenvalue weighted by Gasteiger charge is -2.17. The van der Waals surface area contributed by atoms with Crippen LogP contribution >= 0.6 is 0 Å². The second-order valence-electron chi connectivity index (χ2n) is 5.29. The Bertz CT molecular complexity index is 824. The highest BCUT2D eigenvalue weighted by Gasteiger charge is 2.34. The van der Waals surface area contributed by atoms with Crippen LogP contribution in [0.3, 0.4) is 0 Å². The summed E-state index contributed by atoms with van der Waals surface area (Å²) in [6.07, 6.45) is 0.0442. The van der Waals surface area contributed by atoms with Crippen molar-refractivity contribution in [2.45, 2.75) is 17.4 Å². The van der Waals surface area contributed by atoms with Crippen molar-refractivity contribution in [1.29, 1.82) is 0 Å². The smallest absolute Gasteiger partial charge is 0.243 e. The number of benzene rings is 2. The minimum Gasteiger partial charge on any atom is -0.311 e. The van der Waals surface area contributed by atoms with Crippen LogP contribution in [0, 0.1) is 5.82 Å². The monoisotopic (exact) mass is 334 g/mol. The third-order valence-corrected chi connectivity index (χ3v) is 5.19. The fraction of sp³-hybridized carbons (Fsp3) is 0.188. The van der Waals surface area contributed by atoms with Crippen molar-refractivity contribution >= 4 is 21.6 Å². The van der Waals surface area contributed by atoms with Crippen LogP contribution in [0.1, 0.15) is 6.42 Å². The summed E-state index contributed by atoms with van der Waals surface area (Å²) in [6.45, 7) is 0.219. The molecule has 1 amide bonds. The Hall–Kier alpha value is -2.25. The maximum atomic E-state index is 13.7. The van der Waals surface area contributed by atoms with Gasteiger partial charge < -0.3 is 4.90 Å². The number of hydrogen-bond donors (Lipinski definition) is 1. The van der Waals surface area contributed by atoms with E-state index in [9.17, 15) is 17.6 Å². The first-order chi connectivity index (χ1) is 11.0. The highest BCUT2D eigenvalue weighted by molar-refractivity contribution is 7.89. The van der Waals surface area contributed by atoms with Crippen molar-refractivity contribution < 1.29 is 17.6 Å². The van der Waals surface area contributed by atoms with Gasteiger partial charge in [0.2, 0.25) is 15.9 Å². The number of anilines is 1. The Balaban J connectivity index is 1.77. The molecule has 0 aromatic heterocycles. The predicted octanol–water partition coefficient (Wildman–Crippen LogP) is 1.91. The molecule has 5 nitrogen and oxygen atoms in total. The van der Waals surface area contributed by atoms with Gasteiger partial charge in [0.25, 0.3) is 0 Å². The summed E-state index contributed by atoms with van der Waals surface area (Å²) in [7, 11) is -4.01. The van der Waals surface area contributed by atoms with Crippen LogP contribution in [-0.4, -0.2) is 26.9 Å². The van der Waals surface area contributed by atoms with E-state index in [1.54, 1.807) is 24.3 Å². The van der Waals surface area contributed by atoms with Gasteiger partial charge in [-0.3, -0.25) is 4.79 Å². The summed E-state index contributed by atoms with van der Waals surface area (Å²) in [5.74, 6) is -0.985. The highest BCUT2D eigenvalue weighted by atomic mass is 32.2. The second-order valence-corrected chi connectivity index (χ2v) is 6.98. The van der Waals surface area contributed by atoms with E-state index in [2.05, 4.69) is 4.72 Å². The molecule has 1 aliphatic heterocycles. The van der Waals surface area contributed by atoms with Crippen molar-refractivity contribution in [1.82, 2.24) is 4.72 Å². The summed E-state index contributed by atoms with van der Waals surface area (Å²) >= 11 is 0. The quantitative estimate of drug-likeness (QED) is 0.929. The Kier molecular flexibility index (Phi) is 4.14. The zero-order chi connectivity index (χ0) is 16.4. The molecule has 0 unspecified atom stereocenters. The van der Waals surface area contributed by atoms with E-state index in [-0.39, 0.29) is 18.9 Å². The van der Waals surface area contributed by atoms with Crippen LogP contribution in [0.2, 0.25) is 0 Å². The number of amides is 1. The molecule has 23 heavy (non-hydrogen) atoms. The molecule has 2 aromatic rings. The van der Waals surface area contributed by atoms with Crippen LogP contribution in [0.25, 0.3) is 0 Å². The molecule has 7 heteroatoms. The first-order valence-corrected chi connectivity index (χ1v) is 8.58. The van der Waals surface area contributed by atoms with Crippen molar-refractivity contribution in [3.63, 3.8) is 0 Å². The number of hydrogen-bond acceptors (Lipinski definition) is 3. The van der Waals surface area contributed by atoms with Gasteiger partial charge in [0.1, 0.15) is 10.7 Å². The van der Waals surface area contributed by atoms with Gasteiger partial charge in [-0.2, -0.15) is 0 Å². The van der Waals surface area contributed by atoms with Crippen LogP contribution in [0.4, 0.5) is 10.1 Å². The van der Waals surface area contributed by atoms with Crippen molar-refractivity contribution in [2.75, 3.05) is 11.4 Å². The maximum absolute atomic E-state index is 13.7. The summed E-state index contributed by atoms with van der Waals surface area (Å²) in [5.41, 5.74) is 0.713. The molecule has 1 N–H and O–H groups in total. The summed E-state index contributed by atoms with van der Waals surface area (Å²) in [6, 6.07) is 13.6. The molecule has 0 spiro atoms. The van der Waals surface area contributed by atoms with Gasteiger partial charge >= 0.3 is 0 Å². The molecule has 0 aliphatic carbocycles. The summed E-state index contributed by atoms with van der Waals surface area (Å²) in [4.78, 5) is 13.2.